The van der Waals surface area contributed by atoms with Crippen LogP contribution in [0, 0.1) is 0 Å². The molecule has 2 N–H and O–H groups in total. The lowest BCUT2D eigenvalue weighted by atomic mass is 10.0. The molecule has 0 aliphatic carbocycles. The summed E-state index contributed by atoms with van der Waals surface area (Å²) in [5, 5.41) is 19.5. The molecule has 2 aromatic rings. The Balaban J connectivity index is 2.24. The van der Waals surface area contributed by atoms with Crippen LogP contribution in [0.1, 0.15) is 11.1 Å². The van der Waals surface area contributed by atoms with Gasteiger partial charge in [-0.1, -0.05) is 25.3 Å². The quantitative estimate of drug-likeness (QED) is 0.477. The Morgan fingerprint density at radius 1 is 0.840 bits per heavy atom. The Labute approximate surface area is 144 Å². The van der Waals surface area contributed by atoms with Crippen LogP contribution >= 0.6 is 0 Å². The van der Waals surface area contributed by atoms with Crippen LogP contribution in [0.15, 0.2) is 61.7 Å². The lowest BCUT2D eigenvalue weighted by Gasteiger charge is -2.09. The zero-order chi connectivity index (χ0) is 18.4. The number of phenolic OH excluding ortho intramolecular Hbond substituents is 2. The lowest BCUT2D eigenvalue weighted by Crippen LogP contribution is -2.04. The van der Waals surface area contributed by atoms with Crippen LogP contribution in [-0.4, -0.2) is 22.2 Å². The van der Waals surface area contributed by atoms with E-state index < -0.39 is 11.9 Å². The maximum atomic E-state index is 11.3. The van der Waals surface area contributed by atoms with Gasteiger partial charge in [-0.2, -0.15) is 0 Å². The van der Waals surface area contributed by atoms with E-state index in [-0.39, 0.29) is 23.0 Å². The first-order chi connectivity index (χ1) is 11.9. The highest BCUT2D eigenvalue weighted by Crippen LogP contribution is 2.31. The fourth-order valence-corrected chi connectivity index (χ4v) is 2.04. The first-order valence-corrected chi connectivity index (χ1v) is 7.25. The van der Waals surface area contributed by atoms with Crippen LogP contribution in [0.25, 0.3) is 0 Å². The van der Waals surface area contributed by atoms with Crippen LogP contribution in [0.5, 0.6) is 23.0 Å². The molecule has 0 aromatic heterocycles. The molecule has 0 amide bonds. The van der Waals surface area contributed by atoms with Crippen molar-refractivity contribution in [2.24, 2.45) is 0 Å². The number of benzene rings is 2. The second-order valence-electron chi connectivity index (χ2n) is 5.03. The predicted octanol–water partition coefficient (Wildman–Crippen LogP) is 2.87. The Morgan fingerprint density at radius 2 is 1.24 bits per heavy atom. The maximum Gasteiger partial charge on any atom is 0.335 e. The highest BCUT2D eigenvalue weighted by Gasteiger charge is 2.11. The normalized spacial score (nSPS) is 9.92. The number of rotatable bonds is 6. The summed E-state index contributed by atoms with van der Waals surface area (Å²) in [6.07, 6.45) is 2.37. The number of carbonyl (C=O) groups excluding carboxylic acids is 2. The molecule has 25 heavy (non-hydrogen) atoms. The second kappa shape index (κ2) is 7.83. The molecule has 0 saturated heterocycles. The highest BCUT2D eigenvalue weighted by molar-refractivity contribution is 5.84. The van der Waals surface area contributed by atoms with E-state index in [1.807, 2.05) is 0 Å². The molecule has 0 aliphatic heterocycles. The molecule has 6 nitrogen and oxygen atoms in total. The van der Waals surface area contributed by atoms with Gasteiger partial charge in [0, 0.05) is 12.2 Å². The first-order valence-electron chi connectivity index (χ1n) is 7.25. The zero-order valence-corrected chi connectivity index (χ0v) is 13.3. The molecule has 6 heteroatoms. The summed E-state index contributed by atoms with van der Waals surface area (Å²) in [5.74, 6) is -1.69. The third-order valence-electron chi connectivity index (χ3n) is 3.21. The maximum absolute atomic E-state index is 11.3. The second-order valence-corrected chi connectivity index (χ2v) is 5.03. The number of carbonyl (C=O) groups is 2. The summed E-state index contributed by atoms with van der Waals surface area (Å²) in [6, 6.07) is 9.14. The van der Waals surface area contributed by atoms with Crippen molar-refractivity contribution in [2.45, 2.75) is 6.42 Å². The molecule has 2 rings (SSSR count). The van der Waals surface area contributed by atoms with Gasteiger partial charge in [0.25, 0.3) is 0 Å². The Morgan fingerprint density at radius 3 is 1.60 bits per heavy atom. The summed E-state index contributed by atoms with van der Waals surface area (Å²) < 4.78 is 9.91. The van der Waals surface area contributed by atoms with Gasteiger partial charge in [-0.25, -0.2) is 9.59 Å². The van der Waals surface area contributed by atoms with Crippen molar-refractivity contribution in [3.05, 3.63) is 72.8 Å². The number of esters is 2. The summed E-state index contributed by atoms with van der Waals surface area (Å²) in [7, 11) is 0. The Kier molecular flexibility index (Phi) is 5.58. The smallest absolute Gasteiger partial charge is 0.335 e. The Bertz CT molecular complexity index is 768. The van der Waals surface area contributed by atoms with Crippen molar-refractivity contribution in [3.63, 3.8) is 0 Å². The molecule has 0 atom stereocenters. The minimum absolute atomic E-state index is 0.0134. The number of phenols is 2. The number of aromatic hydroxyl groups is 2. The third kappa shape index (κ3) is 4.71. The highest BCUT2D eigenvalue weighted by atomic mass is 16.5. The fourth-order valence-electron chi connectivity index (χ4n) is 2.04. The van der Waals surface area contributed by atoms with E-state index in [9.17, 15) is 19.8 Å². The molecule has 0 aliphatic rings. The Hall–Kier alpha value is -3.54. The molecule has 2 aromatic carbocycles. The van der Waals surface area contributed by atoms with E-state index in [0.717, 1.165) is 23.3 Å². The largest absolute Gasteiger partial charge is 0.504 e. The first kappa shape index (κ1) is 17.8. The standard InChI is InChI=1S/C19H16O6/c1-3-18(22)24-16-10-12(5-7-14(16)20)9-13-6-8-15(21)17(11-13)25-19(23)4-2/h3-8,10-11,20-21H,1-2,9H2. The van der Waals surface area contributed by atoms with Gasteiger partial charge >= 0.3 is 11.9 Å². The average Bonchev–Trinajstić information content (AvgIpc) is 2.60. The molecular formula is C19H16O6. The van der Waals surface area contributed by atoms with E-state index in [1.165, 1.54) is 24.3 Å². The van der Waals surface area contributed by atoms with Crippen molar-refractivity contribution < 1.29 is 29.3 Å². The molecule has 0 spiro atoms. The zero-order valence-electron chi connectivity index (χ0n) is 13.3. The van der Waals surface area contributed by atoms with Gasteiger partial charge in [0.1, 0.15) is 0 Å². The third-order valence-corrected chi connectivity index (χ3v) is 3.21. The van der Waals surface area contributed by atoms with Gasteiger partial charge in [0.15, 0.2) is 23.0 Å². The summed E-state index contributed by atoms with van der Waals surface area (Å²) >= 11 is 0. The topological polar surface area (TPSA) is 93.1 Å². The van der Waals surface area contributed by atoms with Crippen LogP contribution in [0.3, 0.4) is 0 Å². The number of hydrogen-bond acceptors (Lipinski definition) is 6. The van der Waals surface area contributed by atoms with Gasteiger partial charge in [0.2, 0.25) is 0 Å². The van der Waals surface area contributed by atoms with E-state index >= 15 is 0 Å². The lowest BCUT2D eigenvalue weighted by molar-refractivity contribution is -0.130. The minimum Gasteiger partial charge on any atom is -0.504 e. The van der Waals surface area contributed by atoms with Crippen molar-refractivity contribution >= 4 is 11.9 Å². The van der Waals surface area contributed by atoms with E-state index in [0.29, 0.717) is 6.42 Å². The molecule has 0 fully saturated rings. The fraction of sp³-hybridized carbons (Fsp3) is 0.0526. The minimum atomic E-state index is -0.685. The molecule has 128 valence electrons. The van der Waals surface area contributed by atoms with Gasteiger partial charge in [-0.15, -0.1) is 0 Å². The average molecular weight is 340 g/mol. The van der Waals surface area contributed by atoms with Crippen molar-refractivity contribution in [2.75, 3.05) is 0 Å². The molecule has 0 unspecified atom stereocenters. The van der Waals surface area contributed by atoms with E-state index in [2.05, 4.69) is 13.2 Å². The predicted molar refractivity (Wildman–Crippen MR) is 90.7 cm³/mol. The summed E-state index contributed by atoms with van der Waals surface area (Å²) in [4.78, 5) is 22.6. The molecule has 0 radical (unpaired) electrons. The van der Waals surface area contributed by atoms with E-state index in [4.69, 9.17) is 9.47 Å². The number of hydrogen-bond donors (Lipinski definition) is 2. The summed E-state index contributed by atoms with van der Waals surface area (Å²) in [5.41, 5.74) is 1.47. The van der Waals surface area contributed by atoms with Crippen molar-refractivity contribution in [3.8, 4) is 23.0 Å². The van der Waals surface area contributed by atoms with Crippen LogP contribution in [0.2, 0.25) is 0 Å². The van der Waals surface area contributed by atoms with Crippen molar-refractivity contribution in [1.82, 2.24) is 0 Å². The van der Waals surface area contributed by atoms with Gasteiger partial charge in [0.05, 0.1) is 0 Å². The molecular weight excluding hydrogens is 324 g/mol. The van der Waals surface area contributed by atoms with Gasteiger partial charge in [-0.3, -0.25) is 0 Å². The molecule has 0 heterocycles. The van der Waals surface area contributed by atoms with E-state index in [1.54, 1.807) is 12.1 Å². The van der Waals surface area contributed by atoms with Crippen LogP contribution < -0.4 is 9.47 Å². The summed E-state index contributed by atoms with van der Waals surface area (Å²) in [6.45, 7) is 6.59. The molecule has 0 saturated carbocycles. The van der Waals surface area contributed by atoms with Crippen LogP contribution in [-0.2, 0) is 16.0 Å². The molecule has 0 bridgehead atoms. The van der Waals surface area contributed by atoms with Gasteiger partial charge < -0.3 is 19.7 Å². The van der Waals surface area contributed by atoms with Gasteiger partial charge in [-0.05, 0) is 41.8 Å². The van der Waals surface area contributed by atoms with Crippen LogP contribution in [0.4, 0.5) is 0 Å². The SMILES string of the molecule is C=CC(=O)Oc1cc(Cc2ccc(O)c(OC(=O)C=C)c2)ccc1O. The monoisotopic (exact) mass is 340 g/mol. The van der Waals surface area contributed by atoms with Crippen molar-refractivity contribution in [1.29, 1.82) is 0 Å². The number of ether oxygens (including phenoxy) is 2.